The number of fused-ring (bicyclic) bond motifs is 1. The van der Waals surface area contributed by atoms with E-state index in [9.17, 15) is 4.79 Å². The van der Waals surface area contributed by atoms with Gasteiger partial charge in [0.1, 0.15) is 0 Å². The van der Waals surface area contributed by atoms with Gasteiger partial charge in [-0.15, -0.1) is 0 Å². The highest BCUT2D eigenvalue weighted by Crippen LogP contribution is 2.38. The third kappa shape index (κ3) is 8.15. The maximum absolute atomic E-state index is 13.7. The minimum absolute atomic E-state index is 0.110. The lowest BCUT2D eigenvalue weighted by Crippen LogP contribution is -2.35. The molecule has 2 aromatic heterocycles. The lowest BCUT2D eigenvalue weighted by atomic mass is 9.95. The average molecular weight is 645 g/mol. The van der Waals surface area contributed by atoms with Crippen molar-refractivity contribution in [2.45, 2.75) is 32.2 Å². The highest BCUT2D eigenvalue weighted by molar-refractivity contribution is 5.95. The van der Waals surface area contributed by atoms with Gasteiger partial charge >= 0.3 is 0 Å². The molecule has 1 aliphatic heterocycles. The van der Waals surface area contributed by atoms with E-state index in [1.54, 1.807) is 38.4 Å². The molecule has 0 radical (unpaired) electrons. The smallest absolute Gasteiger partial charge is 0.253 e. The molecule has 0 aliphatic carbocycles. The Balaban J connectivity index is 1.26. The summed E-state index contributed by atoms with van der Waals surface area (Å²) < 4.78 is 24.4. The zero-order valence-electron chi connectivity index (χ0n) is 28.4. The van der Waals surface area contributed by atoms with Crippen LogP contribution in [0.4, 0.5) is 5.95 Å². The molecule has 47 heavy (non-hydrogen) atoms. The minimum Gasteiger partial charge on any atom is -0.493 e. The number of hydrogen-bond acceptors (Lipinski definition) is 9. The fourth-order valence-electron chi connectivity index (χ4n) is 6.40. The third-order valence-corrected chi connectivity index (χ3v) is 8.89. The number of nitrogens with zero attached hydrogens (tertiary/aromatic N) is 6. The number of ether oxygens (including phenoxy) is 4. The van der Waals surface area contributed by atoms with Gasteiger partial charge in [0, 0.05) is 70.3 Å². The fourth-order valence-corrected chi connectivity index (χ4v) is 6.40. The summed E-state index contributed by atoms with van der Waals surface area (Å²) in [4.78, 5) is 29.7. The van der Waals surface area contributed by atoms with Crippen LogP contribution in [-0.2, 0) is 11.3 Å². The Morgan fingerprint density at radius 2 is 1.68 bits per heavy atom. The number of pyridine rings is 1. The molecule has 0 bridgehead atoms. The quantitative estimate of drug-likeness (QED) is 0.167. The van der Waals surface area contributed by atoms with Crippen LogP contribution in [0.1, 0.15) is 41.6 Å². The second-order valence-electron chi connectivity index (χ2n) is 11.8. The van der Waals surface area contributed by atoms with Crippen molar-refractivity contribution in [3.8, 4) is 17.2 Å². The molecule has 252 valence electrons. The monoisotopic (exact) mass is 644 g/mol. The first-order valence-corrected chi connectivity index (χ1v) is 16.4. The number of methoxy groups -OCH3 is 3. The van der Waals surface area contributed by atoms with E-state index in [1.165, 1.54) is 5.56 Å². The number of likely N-dealkylation sites (N-methyl/N-ethyl adjacent to an activating group) is 1. The SMILES string of the molecule is CCOCCn1c(N2CCCN(CCC(CN(C)C(=O)c3cc(OC)c(OC)c(OC)c3)c3ccncc3)CC2)nc2ccccc21. The summed E-state index contributed by atoms with van der Waals surface area (Å²) in [7, 11) is 6.50. The van der Waals surface area contributed by atoms with E-state index >= 15 is 0 Å². The van der Waals surface area contributed by atoms with Crippen molar-refractivity contribution < 1.29 is 23.7 Å². The summed E-state index contributed by atoms with van der Waals surface area (Å²) in [5.74, 6) is 2.41. The highest BCUT2D eigenvalue weighted by atomic mass is 16.5. The van der Waals surface area contributed by atoms with Crippen LogP contribution in [-0.4, -0.2) is 111 Å². The van der Waals surface area contributed by atoms with Crippen molar-refractivity contribution in [1.82, 2.24) is 24.3 Å². The van der Waals surface area contributed by atoms with Gasteiger partial charge in [-0.05, 0) is 74.8 Å². The summed E-state index contributed by atoms with van der Waals surface area (Å²) in [6, 6.07) is 15.9. The Hall–Kier alpha value is -4.35. The number of anilines is 1. The molecule has 2 aromatic carbocycles. The standard InChI is InChI=1S/C36H48N6O5/c1-6-47-23-22-42-31-11-8-7-10-30(31)38-36(42)41-18-9-17-40(20-21-41)19-14-28(27-12-15-37-16-13-27)26-39(2)35(43)29-24-32(44-3)34(46-5)33(25-29)45-4/h7-8,10-13,15-16,24-25,28H,6,9,14,17-23,26H2,1-5H3. The van der Waals surface area contributed by atoms with E-state index in [-0.39, 0.29) is 11.8 Å². The average Bonchev–Trinajstić information content (AvgIpc) is 3.31. The number of aromatic nitrogens is 3. The Bertz CT molecular complexity index is 1570. The van der Waals surface area contributed by atoms with Crippen LogP contribution in [0.5, 0.6) is 17.2 Å². The number of hydrogen-bond donors (Lipinski definition) is 0. The predicted octanol–water partition coefficient (Wildman–Crippen LogP) is 4.95. The predicted molar refractivity (Wildman–Crippen MR) is 184 cm³/mol. The third-order valence-electron chi connectivity index (χ3n) is 8.89. The van der Waals surface area contributed by atoms with E-state index in [0.29, 0.717) is 42.6 Å². The van der Waals surface area contributed by atoms with E-state index in [1.807, 2.05) is 32.4 Å². The van der Waals surface area contributed by atoms with Crippen LogP contribution in [0.2, 0.25) is 0 Å². The number of imidazole rings is 1. The number of rotatable bonds is 15. The van der Waals surface area contributed by atoms with Gasteiger partial charge in [-0.1, -0.05) is 12.1 Å². The van der Waals surface area contributed by atoms with Gasteiger partial charge < -0.3 is 38.2 Å². The molecule has 5 rings (SSSR count). The highest BCUT2D eigenvalue weighted by Gasteiger charge is 2.25. The van der Waals surface area contributed by atoms with Gasteiger partial charge in [-0.25, -0.2) is 4.98 Å². The topological polar surface area (TPSA) is 94.4 Å². The molecule has 11 nitrogen and oxygen atoms in total. The first kappa shape index (κ1) is 34.0. The fraction of sp³-hybridized carbons (Fsp3) is 0.472. The second kappa shape index (κ2) is 16.5. The van der Waals surface area contributed by atoms with Gasteiger partial charge in [0.25, 0.3) is 5.91 Å². The van der Waals surface area contributed by atoms with E-state index in [0.717, 1.165) is 69.1 Å². The zero-order valence-corrected chi connectivity index (χ0v) is 28.4. The second-order valence-corrected chi connectivity index (χ2v) is 11.8. The first-order valence-electron chi connectivity index (χ1n) is 16.4. The summed E-state index contributed by atoms with van der Waals surface area (Å²) in [5, 5.41) is 0. The van der Waals surface area contributed by atoms with Crippen molar-refractivity contribution in [2.75, 3.05) is 85.8 Å². The zero-order chi connectivity index (χ0) is 33.2. The number of carbonyl (C=O) groups is 1. The van der Waals surface area contributed by atoms with E-state index < -0.39 is 0 Å². The molecule has 1 atom stereocenters. The van der Waals surface area contributed by atoms with Gasteiger partial charge in [-0.2, -0.15) is 0 Å². The van der Waals surface area contributed by atoms with Crippen molar-refractivity contribution in [1.29, 1.82) is 0 Å². The molecule has 0 spiro atoms. The van der Waals surface area contributed by atoms with E-state index in [4.69, 9.17) is 23.9 Å². The summed E-state index contributed by atoms with van der Waals surface area (Å²) in [5.41, 5.74) is 3.82. The lowest BCUT2D eigenvalue weighted by Gasteiger charge is -2.28. The van der Waals surface area contributed by atoms with Gasteiger partial charge in [0.05, 0.1) is 39.0 Å². The summed E-state index contributed by atoms with van der Waals surface area (Å²) >= 11 is 0. The maximum atomic E-state index is 13.7. The molecule has 4 aromatic rings. The Morgan fingerprint density at radius 3 is 2.38 bits per heavy atom. The minimum atomic E-state index is -0.110. The van der Waals surface area contributed by atoms with Gasteiger partial charge in [0.2, 0.25) is 11.7 Å². The molecule has 3 heterocycles. The maximum Gasteiger partial charge on any atom is 0.253 e. The van der Waals surface area contributed by atoms with Crippen molar-refractivity contribution in [3.63, 3.8) is 0 Å². The Labute approximate surface area is 278 Å². The van der Waals surface area contributed by atoms with Gasteiger partial charge in [-0.3, -0.25) is 9.78 Å². The number of amides is 1. The molecule has 11 heteroatoms. The summed E-state index contributed by atoms with van der Waals surface area (Å²) in [6.07, 6.45) is 5.60. The van der Waals surface area contributed by atoms with Crippen LogP contribution in [0, 0.1) is 0 Å². The van der Waals surface area contributed by atoms with Crippen molar-refractivity contribution in [2.24, 2.45) is 0 Å². The summed E-state index contributed by atoms with van der Waals surface area (Å²) in [6.45, 7) is 9.47. The van der Waals surface area contributed by atoms with Crippen molar-refractivity contribution in [3.05, 3.63) is 72.1 Å². The normalized spacial score (nSPS) is 14.5. The van der Waals surface area contributed by atoms with Crippen molar-refractivity contribution >= 4 is 22.9 Å². The molecule has 1 amide bonds. The molecule has 1 fully saturated rings. The van der Waals surface area contributed by atoms with Crippen LogP contribution in [0.15, 0.2) is 60.9 Å². The first-order chi connectivity index (χ1) is 23.0. The number of carbonyl (C=O) groups excluding carboxylic acids is 1. The molecule has 0 N–H and O–H groups in total. The van der Waals surface area contributed by atoms with E-state index in [2.05, 4.69) is 49.7 Å². The van der Waals surface area contributed by atoms with Gasteiger partial charge in [0.15, 0.2) is 11.5 Å². The van der Waals surface area contributed by atoms with Crippen LogP contribution in [0.25, 0.3) is 11.0 Å². The largest absolute Gasteiger partial charge is 0.493 e. The number of para-hydroxylation sites is 2. The van der Waals surface area contributed by atoms with Crippen LogP contribution in [0.3, 0.4) is 0 Å². The molecule has 1 saturated heterocycles. The molecular weight excluding hydrogens is 596 g/mol. The Morgan fingerprint density at radius 1 is 0.936 bits per heavy atom. The number of benzene rings is 2. The molecule has 1 unspecified atom stereocenters. The van der Waals surface area contributed by atoms with Crippen LogP contribution >= 0.6 is 0 Å². The van der Waals surface area contributed by atoms with Crippen LogP contribution < -0.4 is 19.1 Å². The lowest BCUT2D eigenvalue weighted by molar-refractivity contribution is 0.0782. The molecular formula is C36H48N6O5. The Kier molecular flexibility index (Phi) is 11.9. The molecule has 1 aliphatic rings. The molecule has 0 saturated carbocycles.